The van der Waals surface area contributed by atoms with Crippen molar-refractivity contribution in [1.82, 2.24) is 30.5 Å². The summed E-state index contributed by atoms with van der Waals surface area (Å²) >= 11 is 5.95. The lowest BCUT2D eigenvalue weighted by Gasteiger charge is -2.13. The molecule has 0 spiro atoms. The first-order chi connectivity index (χ1) is 13.5. The van der Waals surface area contributed by atoms with Gasteiger partial charge in [-0.05, 0) is 60.5 Å². The van der Waals surface area contributed by atoms with Gasteiger partial charge in [-0.3, -0.25) is 9.78 Å². The van der Waals surface area contributed by atoms with Crippen molar-refractivity contribution in [1.29, 1.82) is 0 Å². The third kappa shape index (κ3) is 3.88. The highest BCUT2D eigenvalue weighted by atomic mass is 35.5. The van der Waals surface area contributed by atoms with Crippen molar-refractivity contribution in [2.75, 3.05) is 6.61 Å². The van der Waals surface area contributed by atoms with E-state index in [0.29, 0.717) is 27.9 Å². The third-order valence-corrected chi connectivity index (χ3v) is 4.76. The number of aliphatic hydroxyl groups is 1. The largest absolute Gasteiger partial charge is 0.394 e. The molecule has 3 aromatic rings. The Morgan fingerprint density at radius 1 is 1.36 bits per heavy atom. The molecule has 1 fully saturated rings. The maximum atomic E-state index is 12.7. The lowest BCUT2D eigenvalue weighted by atomic mass is 10.0. The Morgan fingerprint density at radius 2 is 2.18 bits per heavy atom. The van der Waals surface area contributed by atoms with E-state index in [1.54, 1.807) is 42.1 Å². The van der Waals surface area contributed by atoms with Gasteiger partial charge in [0.15, 0.2) is 5.82 Å². The Balaban J connectivity index is 1.79. The molecule has 2 heterocycles. The monoisotopic (exact) mass is 398 g/mol. The topological polar surface area (TPSA) is 106 Å². The first-order valence-corrected chi connectivity index (χ1v) is 9.40. The van der Waals surface area contributed by atoms with Crippen LogP contribution in [0.3, 0.4) is 0 Å². The van der Waals surface area contributed by atoms with Crippen LogP contribution in [0.2, 0.25) is 5.02 Å². The van der Waals surface area contributed by atoms with Crippen molar-refractivity contribution < 1.29 is 9.90 Å². The number of hydrogen-bond donors (Lipinski definition) is 2. The molecule has 144 valence electrons. The van der Waals surface area contributed by atoms with Gasteiger partial charge >= 0.3 is 0 Å². The molecule has 1 aromatic carbocycles. The molecule has 1 saturated carbocycles. The Labute approximate surface area is 166 Å². The quantitative estimate of drug-likeness (QED) is 0.660. The molecule has 2 aromatic heterocycles. The summed E-state index contributed by atoms with van der Waals surface area (Å²) in [5, 5.41) is 24.6. The highest BCUT2D eigenvalue weighted by Crippen LogP contribution is 2.39. The van der Waals surface area contributed by atoms with E-state index in [1.807, 2.05) is 6.07 Å². The van der Waals surface area contributed by atoms with Gasteiger partial charge in [0.05, 0.1) is 23.0 Å². The molecule has 0 bridgehead atoms. The van der Waals surface area contributed by atoms with Gasteiger partial charge in [-0.1, -0.05) is 11.6 Å². The van der Waals surface area contributed by atoms with Gasteiger partial charge in [0, 0.05) is 29.3 Å². The van der Waals surface area contributed by atoms with E-state index in [-0.39, 0.29) is 18.6 Å². The molecule has 9 heteroatoms. The highest BCUT2D eigenvalue weighted by Gasteiger charge is 2.30. The summed E-state index contributed by atoms with van der Waals surface area (Å²) in [6, 6.07) is 8.56. The van der Waals surface area contributed by atoms with Crippen LogP contribution in [0, 0.1) is 0 Å². The van der Waals surface area contributed by atoms with Crippen LogP contribution in [-0.2, 0) is 0 Å². The summed E-state index contributed by atoms with van der Waals surface area (Å²) < 4.78 is 1.67. The predicted octanol–water partition coefficient (Wildman–Crippen LogP) is 2.37. The zero-order chi connectivity index (χ0) is 19.7. The van der Waals surface area contributed by atoms with Gasteiger partial charge in [0.1, 0.15) is 0 Å². The number of amides is 1. The minimum absolute atomic E-state index is 0.143. The Bertz CT molecular complexity index is 1000. The van der Waals surface area contributed by atoms with E-state index in [9.17, 15) is 9.90 Å². The van der Waals surface area contributed by atoms with Crippen LogP contribution in [0.1, 0.15) is 41.9 Å². The number of rotatable bonds is 6. The molecule has 0 unspecified atom stereocenters. The van der Waals surface area contributed by atoms with E-state index < -0.39 is 0 Å². The van der Waals surface area contributed by atoms with Crippen LogP contribution in [-0.4, -0.2) is 48.9 Å². The fraction of sp³-hybridized carbons (Fsp3) is 0.316. The zero-order valence-corrected chi connectivity index (χ0v) is 16.0. The van der Waals surface area contributed by atoms with Gasteiger partial charge in [-0.25, -0.2) is 0 Å². The number of halogens is 1. The number of pyridine rings is 1. The Hall–Kier alpha value is -2.84. The average molecular weight is 399 g/mol. The van der Waals surface area contributed by atoms with Crippen LogP contribution in [0.4, 0.5) is 0 Å². The van der Waals surface area contributed by atoms with Crippen molar-refractivity contribution in [2.45, 2.75) is 31.7 Å². The molecule has 28 heavy (non-hydrogen) atoms. The molecule has 0 aliphatic heterocycles. The zero-order valence-electron chi connectivity index (χ0n) is 15.2. The normalized spacial score (nSPS) is 14.7. The molecule has 1 atom stereocenters. The summed E-state index contributed by atoms with van der Waals surface area (Å²) in [5.41, 5.74) is 2.54. The summed E-state index contributed by atoms with van der Waals surface area (Å²) in [7, 11) is 0. The summed E-state index contributed by atoms with van der Waals surface area (Å²) in [5.74, 6) is 0.843. The average Bonchev–Trinajstić information content (AvgIpc) is 3.44. The van der Waals surface area contributed by atoms with E-state index in [1.165, 1.54) is 0 Å². The van der Waals surface area contributed by atoms with E-state index in [4.69, 9.17) is 11.6 Å². The fourth-order valence-corrected chi connectivity index (χ4v) is 3.00. The molecule has 4 rings (SSSR count). The number of benzene rings is 1. The maximum Gasteiger partial charge on any atom is 0.251 e. The molecule has 8 nitrogen and oxygen atoms in total. The van der Waals surface area contributed by atoms with Crippen LogP contribution in [0.5, 0.6) is 0 Å². The molecular formula is C19H19ClN6O2. The minimum Gasteiger partial charge on any atom is -0.394 e. The first kappa shape index (κ1) is 18.5. The number of hydrogen-bond acceptors (Lipinski definition) is 6. The second-order valence-electron chi connectivity index (χ2n) is 6.91. The van der Waals surface area contributed by atoms with E-state index >= 15 is 0 Å². The van der Waals surface area contributed by atoms with Gasteiger partial charge < -0.3 is 10.4 Å². The van der Waals surface area contributed by atoms with Crippen LogP contribution < -0.4 is 5.32 Å². The fourth-order valence-electron chi connectivity index (χ4n) is 2.89. The number of tetrazole rings is 1. The predicted molar refractivity (Wildman–Crippen MR) is 103 cm³/mol. The lowest BCUT2D eigenvalue weighted by molar-refractivity contribution is 0.0922. The molecular weight excluding hydrogens is 380 g/mol. The SMILES string of the molecule is C[C@@H](CO)NC(=O)c1cc(-c2ccc(Cl)cn2)cc(-n2nnnc2C2CC2)c1. The molecule has 2 N–H and O–H groups in total. The lowest BCUT2D eigenvalue weighted by Crippen LogP contribution is -2.35. The molecule has 1 aliphatic carbocycles. The van der Waals surface area contributed by atoms with Crippen molar-refractivity contribution >= 4 is 17.5 Å². The summed E-state index contributed by atoms with van der Waals surface area (Å²) in [6.45, 7) is 1.59. The number of carbonyl (C=O) groups is 1. The van der Waals surface area contributed by atoms with E-state index in [0.717, 1.165) is 24.2 Å². The smallest absolute Gasteiger partial charge is 0.251 e. The van der Waals surface area contributed by atoms with Gasteiger partial charge in [0.2, 0.25) is 0 Å². The molecule has 1 amide bonds. The molecule has 0 radical (unpaired) electrons. The van der Waals surface area contributed by atoms with Gasteiger partial charge in [0.25, 0.3) is 5.91 Å². The standard InChI is InChI=1S/C19H19ClN6O2/c1-11(10-27)22-19(28)14-6-13(17-5-4-15(20)9-21-17)7-16(8-14)26-18(12-2-3-12)23-24-25-26/h4-9,11-12,27H,2-3,10H2,1H3,(H,22,28)/t11-/m0/s1. The Morgan fingerprint density at radius 3 is 2.86 bits per heavy atom. The maximum absolute atomic E-state index is 12.7. The van der Waals surface area contributed by atoms with Crippen molar-refractivity contribution in [3.8, 4) is 16.9 Å². The number of aliphatic hydroxyl groups excluding tert-OH is 1. The Kier molecular flexibility index (Phi) is 5.06. The number of nitrogens with one attached hydrogen (secondary N) is 1. The second kappa shape index (κ2) is 7.65. The van der Waals surface area contributed by atoms with Crippen LogP contribution >= 0.6 is 11.6 Å². The second-order valence-corrected chi connectivity index (χ2v) is 7.35. The molecule has 1 aliphatic rings. The third-order valence-electron chi connectivity index (χ3n) is 4.54. The first-order valence-electron chi connectivity index (χ1n) is 9.02. The highest BCUT2D eigenvalue weighted by molar-refractivity contribution is 6.30. The van der Waals surface area contributed by atoms with Gasteiger partial charge in [-0.15, -0.1) is 5.10 Å². The minimum atomic E-state index is -0.358. The number of aromatic nitrogens is 5. The van der Waals surface area contributed by atoms with Crippen molar-refractivity contribution in [2.24, 2.45) is 0 Å². The van der Waals surface area contributed by atoms with Crippen molar-refractivity contribution in [3.05, 3.63) is 52.9 Å². The van der Waals surface area contributed by atoms with Crippen LogP contribution in [0.15, 0.2) is 36.5 Å². The number of carbonyl (C=O) groups excluding carboxylic acids is 1. The summed E-state index contributed by atoms with van der Waals surface area (Å²) in [6.07, 6.45) is 3.67. The molecule has 0 saturated heterocycles. The van der Waals surface area contributed by atoms with Gasteiger partial charge in [-0.2, -0.15) is 4.68 Å². The summed E-state index contributed by atoms with van der Waals surface area (Å²) in [4.78, 5) is 17.0. The van der Waals surface area contributed by atoms with E-state index in [2.05, 4.69) is 25.8 Å². The van der Waals surface area contributed by atoms with Crippen LogP contribution in [0.25, 0.3) is 16.9 Å². The number of nitrogens with zero attached hydrogens (tertiary/aromatic N) is 5. The van der Waals surface area contributed by atoms with Crippen molar-refractivity contribution in [3.63, 3.8) is 0 Å².